The summed E-state index contributed by atoms with van der Waals surface area (Å²) < 4.78 is 11.3. The molecule has 1 saturated heterocycles. The van der Waals surface area contributed by atoms with Gasteiger partial charge in [-0.15, -0.1) is 5.10 Å². The number of amides is 1. The molecule has 1 aliphatic heterocycles. The van der Waals surface area contributed by atoms with Crippen LogP contribution in [0.2, 0.25) is 5.02 Å². The van der Waals surface area contributed by atoms with E-state index in [1.54, 1.807) is 30.6 Å². The number of anilines is 2. The van der Waals surface area contributed by atoms with Gasteiger partial charge >= 0.3 is 0 Å². The number of aromatic nitrogens is 3. The number of carbonyl (C=O) groups is 1. The number of hydrogen-bond acceptors (Lipinski definition) is 8. The highest BCUT2D eigenvalue weighted by atomic mass is 35.5. The molecule has 0 spiro atoms. The van der Waals surface area contributed by atoms with E-state index in [4.69, 9.17) is 21.1 Å². The Bertz CT molecular complexity index is 1060. The molecule has 3 aromatic rings. The van der Waals surface area contributed by atoms with Crippen molar-refractivity contribution in [3.05, 3.63) is 58.9 Å². The molecular weight excluding hydrogens is 426 g/mol. The lowest BCUT2D eigenvalue weighted by atomic mass is 10.2. The van der Waals surface area contributed by atoms with Crippen molar-refractivity contribution in [3.63, 3.8) is 0 Å². The van der Waals surface area contributed by atoms with Gasteiger partial charge in [0, 0.05) is 17.8 Å². The highest BCUT2D eigenvalue weighted by Gasteiger charge is 2.46. The molecule has 2 fully saturated rings. The van der Waals surface area contributed by atoms with E-state index in [-0.39, 0.29) is 12.0 Å². The van der Waals surface area contributed by atoms with Crippen molar-refractivity contribution in [2.45, 2.75) is 25.2 Å². The molecule has 0 unspecified atom stereocenters. The highest BCUT2D eigenvalue weighted by molar-refractivity contribution is 7.17. The summed E-state index contributed by atoms with van der Waals surface area (Å²) in [5, 5.41) is 12.2. The predicted molar refractivity (Wildman–Crippen MR) is 113 cm³/mol. The van der Waals surface area contributed by atoms with Gasteiger partial charge in [-0.2, -0.15) is 0 Å². The van der Waals surface area contributed by atoms with E-state index in [0.717, 1.165) is 24.2 Å². The number of hydrogen-bond donors (Lipinski definition) is 1. The molecule has 2 atom stereocenters. The lowest BCUT2D eigenvalue weighted by molar-refractivity contribution is 0.100. The highest BCUT2D eigenvalue weighted by Crippen LogP contribution is 2.38. The first-order valence-electron chi connectivity index (χ1n) is 9.52. The molecule has 10 heteroatoms. The molecule has 1 aromatic carbocycles. The van der Waals surface area contributed by atoms with Gasteiger partial charge in [0.2, 0.25) is 5.13 Å². The van der Waals surface area contributed by atoms with Crippen LogP contribution in [-0.4, -0.2) is 46.4 Å². The van der Waals surface area contributed by atoms with Crippen LogP contribution in [0.4, 0.5) is 10.8 Å². The Morgan fingerprint density at radius 1 is 1.30 bits per heavy atom. The summed E-state index contributed by atoms with van der Waals surface area (Å²) in [6.07, 6.45) is 4.60. The van der Waals surface area contributed by atoms with E-state index < -0.39 is 0 Å². The monoisotopic (exact) mass is 443 g/mol. The van der Waals surface area contributed by atoms with Crippen molar-refractivity contribution in [2.75, 3.05) is 23.4 Å². The molecule has 1 saturated carbocycles. The first kappa shape index (κ1) is 19.2. The van der Waals surface area contributed by atoms with Crippen molar-refractivity contribution in [3.8, 4) is 5.19 Å². The maximum Gasteiger partial charge on any atom is 0.296 e. The molecular formula is C20H18ClN5O3S. The number of nitrogens with one attached hydrogen (secondary N) is 1. The van der Waals surface area contributed by atoms with E-state index in [0.29, 0.717) is 40.2 Å². The molecule has 1 amide bonds. The Morgan fingerprint density at radius 3 is 3.03 bits per heavy atom. The number of nitrogens with zero attached hydrogens (tertiary/aromatic N) is 4. The van der Waals surface area contributed by atoms with Crippen LogP contribution in [0.3, 0.4) is 0 Å². The molecule has 1 N–H and O–H groups in total. The van der Waals surface area contributed by atoms with E-state index in [2.05, 4.69) is 25.4 Å². The molecule has 30 heavy (non-hydrogen) atoms. The summed E-state index contributed by atoms with van der Waals surface area (Å²) in [4.78, 5) is 19.3. The fraction of sp³-hybridized carbons (Fsp3) is 0.300. The standard InChI is InChI=1S/C20H18ClN5O3S/c21-13-3-1-12(2-4-13)11-29-20-25-24-19(30-20)23-18(27)14-5-6-22-10-16(14)26-7-8-28-17-9-15(17)26/h1-6,10,15,17H,7-9,11H2,(H,23,24,27)/t15-,17+/m1/s1. The average molecular weight is 444 g/mol. The lowest BCUT2D eigenvalue weighted by Crippen LogP contribution is -2.38. The SMILES string of the molecule is O=C(Nc1nnc(OCc2ccc(Cl)cc2)s1)c1ccncc1N1CCO[C@H]2C[C@H]21. The van der Waals surface area contributed by atoms with E-state index >= 15 is 0 Å². The molecule has 2 aromatic heterocycles. The van der Waals surface area contributed by atoms with Gasteiger partial charge in [-0.05, 0) is 41.5 Å². The zero-order chi connectivity index (χ0) is 20.5. The molecule has 0 radical (unpaired) electrons. The Morgan fingerprint density at radius 2 is 2.17 bits per heavy atom. The van der Waals surface area contributed by atoms with Crippen molar-refractivity contribution in [1.82, 2.24) is 15.2 Å². The van der Waals surface area contributed by atoms with Crippen LogP contribution in [0, 0.1) is 0 Å². The van der Waals surface area contributed by atoms with Gasteiger partial charge < -0.3 is 14.4 Å². The summed E-state index contributed by atoms with van der Waals surface area (Å²) in [5.74, 6) is -0.253. The molecule has 8 nitrogen and oxygen atoms in total. The molecule has 2 aliphatic rings. The second-order valence-corrected chi connectivity index (χ2v) is 8.42. The number of pyridine rings is 1. The second-order valence-electron chi connectivity index (χ2n) is 7.04. The van der Waals surface area contributed by atoms with Gasteiger partial charge in [-0.1, -0.05) is 28.8 Å². The first-order valence-corrected chi connectivity index (χ1v) is 10.7. The molecule has 3 heterocycles. The van der Waals surface area contributed by atoms with Crippen molar-refractivity contribution >= 4 is 39.7 Å². The minimum absolute atomic E-state index is 0.253. The van der Waals surface area contributed by atoms with Gasteiger partial charge in [-0.3, -0.25) is 15.1 Å². The van der Waals surface area contributed by atoms with Gasteiger partial charge in [0.25, 0.3) is 11.1 Å². The van der Waals surface area contributed by atoms with Crippen LogP contribution >= 0.6 is 22.9 Å². The average Bonchev–Trinajstić information content (AvgIpc) is 3.44. The van der Waals surface area contributed by atoms with Crippen molar-refractivity contribution < 1.29 is 14.3 Å². The van der Waals surface area contributed by atoms with Crippen LogP contribution in [0.15, 0.2) is 42.7 Å². The zero-order valence-electron chi connectivity index (χ0n) is 15.8. The largest absolute Gasteiger partial charge is 0.464 e. The van der Waals surface area contributed by atoms with Crippen LogP contribution in [0.25, 0.3) is 0 Å². The lowest BCUT2D eigenvalue weighted by Gasteiger charge is -2.29. The second kappa shape index (κ2) is 8.17. The number of rotatable bonds is 6. The maximum atomic E-state index is 12.9. The van der Waals surface area contributed by atoms with E-state index in [9.17, 15) is 4.79 Å². The fourth-order valence-corrected chi connectivity index (χ4v) is 4.17. The summed E-state index contributed by atoms with van der Waals surface area (Å²) >= 11 is 7.06. The third-order valence-corrected chi connectivity index (χ3v) is 6.02. The van der Waals surface area contributed by atoms with Crippen molar-refractivity contribution in [1.29, 1.82) is 0 Å². The molecule has 1 aliphatic carbocycles. The number of fused-ring (bicyclic) bond motifs is 1. The Labute approximate surface area is 181 Å². The smallest absolute Gasteiger partial charge is 0.296 e. The van der Waals surface area contributed by atoms with Crippen LogP contribution < -0.4 is 15.0 Å². The van der Waals surface area contributed by atoms with E-state index in [1.807, 2.05) is 12.1 Å². The number of morpholine rings is 1. The normalized spacial score (nSPS) is 19.8. The quantitative estimate of drug-likeness (QED) is 0.624. The maximum absolute atomic E-state index is 12.9. The summed E-state index contributed by atoms with van der Waals surface area (Å²) in [6, 6.07) is 9.41. The summed E-state index contributed by atoms with van der Waals surface area (Å²) in [7, 11) is 0. The van der Waals surface area contributed by atoms with Crippen LogP contribution in [-0.2, 0) is 11.3 Å². The number of benzene rings is 1. The van der Waals surface area contributed by atoms with Crippen LogP contribution in [0.5, 0.6) is 5.19 Å². The fourth-order valence-electron chi connectivity index (χ4n) is 3.45. The van der Waals surface area contributed by atoms with Crippen molar-refractivity contribution in [2.24, 2.45) is 0 Å². The Kier molecular flexibility index (Phi) is 5.24. The first-order chi connectivity index (χ1) is 14.7. The number of halogens is 1. The van der Waals surface area contributed by atoms with Gasteiger partial charge in [-0.25, -0.2) is 0 Å². The molecule has 154 valence electrons. The number of ether oxygens (including phenoxy) is 2. The van der Waals surface area contributed by atoms with Gasteiger partial charge in [0.1, 0.15) is 6.61 Å². The molecule has 5 rings (SSSR count). The number of carbonyl (C=O) groups excluding carboxylic acids is 1. The minimum atomic E-state index is -0.253. The van der Waals surface area contributed by atoms with E-state index in [1.165, 1.54) is 11.3 Å². The third-order valence-electron chi connectivity index (χ3n) is 5.02. The van der Waals surface area contributed by atoms with Crippen LogP contribution in [0.1, 0.15) is 22.3 Å². The zero-order valence-corrected chi connectivity index (χ0v) is 17.4. The Balaban J connectivity index is 1.25. The summed E-state index contributed by atoms with van der Waals surface area (Å²) in [5.41, 5.74) is 2.33. The summed E-state index contributed by atoms with van der Waals surface area (Å²) in [6.45, 7) is 1.74. The third kappa shape index (κ3) is 4.09. The minimum Gasteiger partial charge on any atom is -0.464 e. The predicted octanol–water partition coefficient (Wildman–Crippen LogP) is 3.40. The topological polar surface area (TPSA) is 89.5 Å². The Hall–Kier alpha value is -2.75. The van der Waals surface area contributed by atoms with Gasteiger partial charge in [0.05, 0.1) is 36.2 Å². The molecule has 0 bridgehead atoms. The van der Waals surface area contributed by atoms with Gasteiger partial charge in [0.15, 0.2) is 0 Å².